The predicted molar refractivity (Wildman–Crippen MR) is 108 cm³/mol. The molecule has 1 saturated carbocycles. The van der Waals surface area contributed by atoms with E-state index in [0.29, 0.717) is 19.1 Å². The maximum Gasteiger partial charge on any atom is 0.256 e. The molecule has 2 atom stereocenters. The van der Waals surface area contributed by atoms with Gasteiger partial charge in [0.05, 0.1) is 12.3 Å². The van der Waals surface area contributed by atoms with Crippen molar-refractivity contribution in [3.05, 3.63) is 30.5 Å². The molecule has 1 fully saturated rings. The highest BCUT2D eigenvalue weighted by atomic mass is 16.5. The summed E-state index contributed by atoms with van der Waals surface area (Å²) in [6.07, 6.45) is 6.36. The molecule has 0 unspecified atom stereocenters. The first-order chi connectivity index (χ1) is 13.1. The van der Waals surface area contributed by atoms with Crippen LogP contribution in [-0.2, 0) is 9.53 Å². The maximum absolute atomic E-state index is 13.3. The third kappa shape index (κ3) is 4.24. The molecule has 5 heteroatoms. The lowest BCUT2D eigenvalue weighted by molar-refractivity contribution is -0.148. The molecule has 1 N–H and O–H groups in total. The number of hydrogen-bond donors (Lipinski definition) is 1. The van der Waals surface area contributed by atoms with Crippen LogP contribution in [0.5, 0.6) is 5.75 Å². The van der Waals surface area contributed by atoms with Crippen LogP contribution in [0, 0.1) is 5.92 Å². The molecule has 0 saturated heterocycles. The SMILES string of the molecule is CCCO[C@@]1(C(=O)Nc2ccc(OCC)c3ncccc23)CCC[C@H](C)C1. The van der Waals surface area contributed by atoms with Crippen molar-refractivity contribution in [2.75, 3.05) is 18.5 Å². The number of anilines is 1. The van der Waals surface area contributed by atoms with Crippen LogP contribution < -0.4 is 10.1 Å². The summed E-state index contributed by atoms with van der Waals surface area (Å²) in [5.74, 6) is 1.17. The van der Waals surface area contributed by atoms with Gasteiger partial charge in [-0.05, 0) is 62.8 Å². The Hall–Kier alpha value is -2.14. The average molecular weight is 370 g/mol. The van der Waals surface area contributed by atoms with Gasteiger partial charge in [-0.3, -0.25) is 9.78 Å². The minimum Gasteiger partial charge on any atom is -0.492 e. The van der Waals surface area contributed by atoms with Crippen LogP contribution in [0.3, 0.4) is 0 Å². The maximum atomic E-state index is 13.3. The fourth-order valence-corrected chi connectivity index (χ4v) is 3.97. The van der Waals surface area contributed by atoms with Crippen LogP contribution in [0.4, 0.5) is 5.69 Å². The lowest BCUT2D eigenvalue weighted by Crippen LogP contribution is -2.48. The standard InChI is InChI=1S/C22H30N2O3/c1-4-14-27-22(12-6-8-16(3)15-22)21(25)24-18-10-11-19(26-5-2)20-17(18)9-7-13-23-20/h7,9-11,13,16H,4-6,8,12,14-15H2,1-3H3,(H,24,25)/t16-,22-/m0/s1. The fraction of sp³-hybridized carbons (Fsp3) is 0.545. The first kappa shape index (κ1) is 19.6. The normalized spacial score (nSPS) is 22.6. The van der Waals surface area contributed by atoms with Gasteiger partial charge in [-0.15, -0.1) is 0 Å². The number of aromatic nitrogens is 1. The van der Waals surface area contributed by atoms with E-state index in [1.165, 1.54) is 0 Å². The van der Waals surface area contributed by atoms with Crippen molar-refractivity contribution in [2.45, 2.75) is 58.5 Å². The highest BCUT2D eigenvalue weighted by Crippen LogP contribution is 2.37. The zero-order chi connectivity index (χ0) is 19.3. The second-order valence-corrected chi connectivity index (χ2v) is 7.44. The molecule has 5 nitrogen and oxygen atoms in total. The molecule has 0 aliphatic heterocycles. The topological polar surface area (TPSA) is 60.5 Å². The number of nitrogens with zero attached hydrogens (tertiary/aromatic N) is 1. The molecule has 2 aromatic rings. The lowest BCUT2D eigenvalue weighted by atomic mass is 9.78. The van der Waals surface area contributed by atoms with Crippen LogP contribution in [0.15, 0.2) is 30.5 Å². The molecule has 1 aliphatic rings. The number of fused-ring (bicyclic) bond motifs is 1. The Morgan fingerprint density at radius 3 is 2.93 bits per heavy atom. The van der Waals surface area contributed by atoms with Gasteiger partial charge in [-0.1, -0.05) is 20.3 Å². The highest BCUT2D eigenvalue weighted by Gasteiger charge is 2.42. The summed E-state index contributed by atoms with van der Waals surface area (Å²) in [6.45, 7) is 7.40. The number of pyridine rings is 1. The summed E-state index contributed by atoms with van der Waals surface area (Å²) >= 11 is 0. The van der Waals surface area contributed by atoms with Crippen molar-refractivity contribution in [2.24, 2.45) is 5.92 Å². The summed E-state index contributed by atoms with van der Waals surface area (Å²) in [5.41, 5.74) is 0.780. The van der Waals surface area contributed by atoms with E-state index < -0.39 is 5.60 Å². The molecule has 1 heterocycles. The smallest absolute Gasteiger partial charge is 0.256 e. The Bertz CT molecular complexity index is 792. The monoisotopic (exact) mass is 370 g/mol. The number of nitrogens with one attached hydrogen (secondary N) is 1. The number of carbonyl (C=O) groups is 1. The Balaban J connectivity index is 1.91. The quantitative estimate of drug-likeness (QED) is 0.749. The number of rotatable bonds is 7. The van der Waals surface area contributed by atoms with Gasteiger partial charge in [-0.25, -0.2) is 0 Å². The van der Waals surface area contributed by atoms with Crippen molar-refractivity contribution in [1.29, 1.82) is 0 Å². The van der Waals surface area contributed by atoms with Gasteiger partial charge >= 0.3 is 0 Å². The van der Waals surface area contributed by atoms with E-state index in [9.17, 15) is 4.79 Å². The van der Waals surface area contributed by atoms with E-state index in [1.54, 1.807) is 6.20 Å². The second kappa shape index (κ2) is 8.70. The van der Waals surface area contributed by atoms with Crippen molar-refractivity contribution in [3.8, 4) is 5.75 Å². The molecule has 146 valence electrons. The summed E-state index contributed by atoms with van der Waals surface area (Å²) in [6, 6.07) is 7.60. The van der Waals surface area contributed by atoms with Crippen molar-refractivity contribution < 1.29 is 14.3 Å². The fourth-order valence-electron chi connectivity index (χ4n) is 3.97. The van der Waals surface area contributed by atoms with E-state index in [4.69, 9.17) is 9.47 Å². The van der Waals surface area contributed by atoms with Crippen molar-refractivity contribution >= 4 is 22.5 Å². The van der Waals surface area contributed by atoms with E-state index >= 15 is 0 Å². The predicted octanol–water partition coefficient (Wildman–Crippen LogP) is 4.95. The highest BCUT2D eigenvalue weighted by molar-refractivity contribution is 6.05. The summed E-state index contributed by atoms with van der Waals surface area (Å²) in [4.78, 5) is 17.8. The Morgan fingerprint density at radius 1 is 1.33 bits per heavy atom. The minimum atomic E-state index is -0.735. The van der Waals surface area contributed by atoms with Crippen molar-refractivity contribution in [3.63, 3.8) is 0 Å². The van der Waals surface area contributed by atoms with Crippen LogP contribution in [0.25, 0.3) is 10.9 Å². The Kier molecular flexibility index (Phi) is 6.32. The summed E-state index contributed by atoms with van der Waals surface area (Å²) in [5, 5.41) is 4.02. The summed E-state index contributed by atoms with van der Waals surface area (Å²) in [7, 11) is 0. The molecule has 0 bridgehead atoms. The van der Waals surface area contributed by atoms with E-state index in [2.05, 4.69) is 24.1 Å². The molecule has 1 aromatic heterocycles. The van der Waals surface area contributed by atoms with Gasteiger partial charge in [0, 0.05) is 18.2 Å². The largest absolute Gasteiger partial charge is 0.492 e. The molecule has 3 rings (SSSR count). The molecule has 1 aromatic carbocycles. The van der Waals surface area contributed by atoms with Crippen LogP contribution in [0.2, 0.25) is 0 Å². The average Bonchev–Trinajstić information content (AvgIpc) is 2.68. The molecular formula is C22H30N2O3. The zero-order valence-electron chi connectivity index (χ0n) is 16.6. The number of carbonyl (C=O) groups excluding carboxylic acids is 1. The molecule has 1 aliphatic carbocycles. The van der Waals surface area contributed by atoms with E-state index in [1.807, 2.05) is 31.2 Å². The summed E-state index contributed by atoms with van der Waals surface area (Å²) < 4.78 is 11.8. The number of amides is 1. The van der Waals surface area contributed by atoms with Crippen molar-refractivity contribution in [1.82, 2.24) is 4.98 Å². The van der Waals surface area contributed by atoms with E-state index in [-0.39, 0.29) is 5.91 Å². The second-order valence-electron chi connectivity index (χ2n) is 7.44. The first-order valence-electron chi connectivity index (χ1n) is 10.1. The zero-order valence-corrected chi connectivity index (χ0v) is 16.6. The molecule has 0 spiro atoms. The van der Waals surface area contributed by atoms with Gasteiger partial charge in [-0.2, -0.15) is 0 Å². The molecule has 27 heavy (non-hydrogen) atoms. The van der Waals surface area contributed by atoms with Crippen LogP contribution in [0.1, 0.15) is 52.9 Å². The number of hydrogen-bond acceptors (Lipinski definition) is 4. The minimum absolute atomic E-state index is 0.0446. The number of ether oxygens (including phenoxy) is 2. The lowest BCUT2D eigenvalue weighted by Gasteiger charge is -2.38. The molecule has 1 amide bonds. The van der Waals surface area contributed by atoms with Crippen LogP contribution >= 0.6 is 0 Å². The number of benzene rings is 1. The molecular weight excluding hydrogens is 340 g/mol. The van der Waals surface area contributed by atoms with Gasteiger partial charge in [0.1, 0.15) is 16.9 Å². The van der Waals surface area contributed by atoms with Gasteiger partial charge in [0.15, 0.2) is 0 Å². The third-order valence-corrected chi connectivity index (χ3v) is 5.23. The Morgan fingerprint density at radius 2 is 2.19 bits per heavy atom. The van der Waals surface area contributed by atoms with Gasteiger partial charge in [0.25, 0.3) is 5.91 Å². The Labute approximate surface area is 161 Å². The van der Waals surface area contributed by atoms with E-state index in [0.717, 1.165) is 54.4 Å². The molecule has 0 radical (unpaired) electrons. The van der Waals surface area contributed by atoms with Gasteiger partial charge in [0.2, 0.25) is 0 Å². The third-order valence-electron chi connectivity index (χ3n) is 5.23. The van der Waals surface area contributed by atoms with Crippen LogP contribution in [-0.4, -0.2) is 29.7 Å². The van der Waals surface area contributed by atoms with Gasteiger partial charge < -0.3 is 14.8 Å². The first-order valence-corrected chi connectivity index (χ1v) is 10.1.